The van der Waals surface area contributed by atoms with Crippen molar-refractivity contribution in [2.45, 2.75) is 32.2 Å². The molecule has 0 fully saturated rings. The first kappa shape index (κ1) is 14.3. The van der Waals surface area contributed by atoms with Crippen molar-refractivity contribution in [1.29, 1.82) is 0 Å². The Morgan fingerprint density at radius 2 is 2.11 bits per heavy atom. The number of ether oxygens (including phenoxy) is 2. The number of unbranched alkanes of at least 4 members (excludes halogenated alkanes) is 2. The normalized spacial score (nSPS) is 16.3. The average molecular weight is 283 g/mol. The van der Waals surface area contributed by atoms with Gasteiger partial charge in [0, 0.05) is 28.3 Å². The van der Waals surface area contributed by atoms with Gasteiger partial charge in [-0.25, -0.2) is 0 Å². The lowest BCUT2D eigenvalue weighted by atomic mass is 10.1. The third kappa shape index (κ3) is 3.94. The molecule has 106 valence electrons. The molecule has 1 aliphatic rings. The van der Waals surface area contributed by atoms with Gasteiger partial charge in [-0.3, -0.25) is 4.21 Å². The van der Waals surface area contributed by atoms with Crippen LogP contribution < -0.4 is 15.2 Å². The lowest BCUT2D eigenvalue weighted by molar-refractivity contribution is 0.174. The Kier molecular flexibility index (Phi) is 5.22. The van der Waals surface area contributed by atoms with Crippen molar-refractivity contribution in [1.82, 2.24) is 0 Å². The molecule has 0 radical (unpaired) electrons. The molecule has 1 aromatic carbocycles. The predicted octanol–water partition coefficient (Wildman–Crippen LogP) is 2.35. The van der Waals surface area contributed by atoms with Gasteiger partial charge in [-0.2, -0.15) is 0 Å². The maximum atomic E-state index is 11.9. The fourth-order valence-corrected chi connectivity index (χ4v) is 3.32. The molecule has 0 saturated heterocycles. The van der Waals surface area contributed by atoms with E-state index in [4.69, 9.17) is 15.2 Å². The minimum absolute atomic E-state index is 0.211. The summed E-state index contributed by atoms with van der Waals surface area (Å²) in [6.45, 7) is 2.40. The van der Waals surface area contributed by atoms with Crippen LogP contribution in [0.4, 0.5) is 0 Å². The van der Waals surface area contributed by atoms with Crippen LogP contribution >= 0.6 is 0 Å². The van der Waals surface area contributed by atoms with Gasteiger partial charge >= 0.3 is 0 Å². The molecule has 0 aromatic heterocycles. The van der Waals surface area contributed by atoms with Gasteiger partial charge in [0.1, 0.15) is 0 Å². The fraction of sp³-hybridized carbons (Fsp3) is 0.571. The topological polar surface area (TPSA) is 61.6 Å². The average Bonchev–Trinajstić information content (AvgIpc) is 2.86. The summed E-state index contributed by atoms with van der Waals surface area (Å²) in [6.07, 6.45) is 3.29. The Hall–Kier alpha value is -1.07. The van der Waals surface area contributed by atoms with Gasteiger partial charge < -0.3 is 15.2 Å². The molecular weight excluding hydrogens is 262 g/mol. The third-order valence-electron chi connectivity index (χ3n) is 3.17. The molecular formula is C14H21NO3S. The SMILES string of the molecule is CCCCCS(=O)CC(N)c1ccc2c(c1)OCO2. The van der Waals surface area contributed by atoms with Crippen LogP contribution in [0.3, 0.4) is 0 Å². The van der Waals surface area contributed by atoms with Crippen molar-refractivity contribution in [2.75, 3.05) is 18.3 Å². The third-order valence-corrected chi connectivity index (χ3v) is 4.64. The molecule has 0 amide bonds. The van der Waals surface area contributed by atoms with Gasteiger partial charge in [-0.15, -0.1) is 0 Å². The number of benzene rings is 1. The van der Waals surface area contributed by atoms with E-state index in [-0.39, 0.29) is 12.8 Å². The zero-order valence-corrected chi connectivity index (χ0v) is 12.1. The zero-order valence-electron chi connectivity index (χ0n) is 11.3. The molecule has 4 nitrogen and oxygen atoms in total. The van der Waals surface area contributed by atoms with Gasteiger partial charge in [0.25, 0.3) is 0 Å². The monoisotopic (exact) mass is 283 g/mol. The molecule has 2 rings (SSSR count). The van der Waals surface area contributed by atoms with E-state index in [0.717, 1.165) is 42.1 Å². The Bertz CT molecular complexity index is 450. The van der Waals surface area contributed by atoms with Crippen molar-refractivity contribution >= 4 is 10.8 Å². The Balaban J connectivity index is 1.89. The van der Waals surface area contributed by atoms with Gasteiger partial charge in [0.05, 0.1) is 0 Å². The summed E-state index contributed by atoms with van der Waals surface area (Å²) < 4.78 is 22.5. The minimum Gasteiger partial charge on any atom is -0.454 e. The summed E-state index contributed by atoms with van der Waals surface area (Å²) in [4.78, 5) is 0. The summed E-state index contributed by atoms with van der Waals surface area (Å²) in [5, 5.41) is 0. The maximum absolute atomic E-state index is 11.9. The smallest absolute Gasteiger partial charge is 0.231 e. The molecule has 5 heteroatoms. The lowest BCUT2D eigenvalue weighted by Crippen LogP contribution is -2.19. The standard InChI is InChI=1S/C14H21NO3S/c1-2-3-4-7-19(16)9-12(15)11-5-6-13-14(8-11)18-10-17-13/h5-6,8,12H,2-4,7,9-10,15H2,1H3. The number of rotatable bonds is 7. The number of hydrogen-bond acceptors (Lipinski definition) is 4. The molecule has 0 spiro atoms. The number of hydrogen-bond donors (Lipinski definition) is 1. The van der Waals surface area contributed by atoms with Crippen molar-refractivity contribution in [3.63, 3.8) is 0 Å². The first-order valence-electron chi connectivity index (χ1n) is 6.71. The predicted molar refractivity (Wildman–Crippen MR) is 76.9 cm³/mol. The molecule has 19 heavy (non-hydrogen) atoms. The van der Waals surface area contributed by atoms with Crippen LogP contribution in [0.5, 0.6) is 11.5 Å². The van der Waals surface area contributed by atoms with E-state index in [1.807, 2.05) is 18.2 Å². The second kappa shape index (κ2) is 6.91. The van der Waals surface area contributed by atoms with Crippen LogP contribution in [0, 0.1) is 0 Å². The molecule has 0 saturated carbocycles. The molecule has 0 bridgehead atoms. The Morgan fingerprint density at radius 3 is 2.89 bits per heavy atom. The summed E-state index contributed by atoms with van der Waals surface area (Å²) in [6, 6.07) is 5.45. The Morgan fingerprint density at radius 1 is 1.32 bits per heavy atom. The van der Waals surface area contributed by atoms with E-state index >= 15 is 0 Å². The molecule has 1 aromatic rings. The summed E-state index contributed by atoms with van der Waals surface area (Å²) in [5.41, 5.74) is 7.06. The van der Waals surface area contributed by atoms with E-state index in [1.54, 1.807) is 0 Å². The van der Waals surface area contributed by atoms with Crippen LogP contribution in [-0.2, 0) is 10.8 Å². The van der Waals surface area contributed by atoms with Crippen molar-refractivity contribution in [3.8, 4) is 11.5 Å². The van der Waals surface area contributed by atoms with Crippen LogP contribution in [0.2, 0.25) is 0 Å². The van der Waals surface area contributed by atoms with E-state index in [1.165, 1.54) is 0 Å². The van der Waals surface area contributed by atoms with Gasteiger partial charge in [0.15, 0.2) is 11.5 Å². The van der Waals surface area contributed by atoms with E-state index in [2.05, 4.69) is 6.92 Å². The minimum atomic E-state index is -0.847. The van der Waals surface area contributed by atoms with E-state index in [9.17, 15) is 4.21 Å². The zero-order chi connectivity index (χ0) is 13.7. The fourth-order valence-electron chi connectivity index (χ4n) is 2.04. The summed E-state index contributed by atoms with van der Waals surface area (Å²) in [5.74, 6) is 2.72. The molecule has 1 aliphatic heterocycles. The van der Waals surface area contributed by atoms with Crippen LogP contribution in [0.25, 0.3) is 0 Å². The highest BCUT2D eigenvalue weighted by Crippen LogP contribution is 2.33. The second-order valence-electron chi connectivity index (χ2n) is 4.74. The van der Waals surface area contributed by atoms with Crippen LogP contribution in [0.1, 0.15) is 37.8 Å². The molecule has 0 aliphatic carbocycles. The largest absolute Gasteiger partial charge is 0.454 e. The number of fused-ring (bicyclic) bond motifs is 1. The van der Waals surface area contributed by atoms with E-state index < -0.39 is 10.8 Å². The van der Waals surface area contributed by atoms with E-state index in [0.29, 0.717) is 5.75 Å². The molecule has 2 N–H and O–H groups in total. The quantitative estimate of drug-likeness (QED) is 0.780. The van der Waals surface area contributed by atoms with Gasteiger partial charge in [-0.1, -0.05) is 25.8 Å². The summed E-state index contributed by atoms with van der Waals surface area (Å²) >= 11 is 0. The first-order valence-corrected chi connectivity index (χ1v) is 8.19. The molecule has 2 atom stereocenters. The Labute approximate surface area is 116 Å². The molecule has 1 heterocycles. The van der Waals surface area contributed by atoms with Crippen molar-refractivity contribution in [2.24, 2.45) is 5.73 Å². The van der Waals surface area contributed by atoms with Crippen LogP contribution in [0.15, 0.2) is 18.2 Å². The highest BCUT2D eigenvalue weighted by molar-refractivity contribution is 7.85. The van der Waals surface area contributed by atoms with Gasteiger partial charge in [0.2, 0.25) is 6.79 Å². The highest BCUT2D eigenvalue weighted by Gasteiger charge is 2.17. The number of nitrogens with two attached hydrogens (primary N) is 1. The van der Waals surface area contributed by atoms with Crippen LogP contribution in [-0.4, -0.2) is 22.5 Å². The lowest BCUT2D eigenvalue weighted by Gasteiger charge is -2.12. The summed E-state index contributed by atoms with van der Waals surface area (Å²) in [7, 11) is -0.847. The van der Waals surface area contributed by atoms with Crippen molar-refractivity contribution in [3.05, 3.63) is 23.8 Å². The van der Waals surface area contributed by atoms with Crippen molar-refractivity contribution < 1.29 is 13.7 Å². The second-order valence-corrected chi connectivity index (χ2v) is 6.36. The maximum Gasteiger partial charge on any atom is 0.231 e. The first-order chi connectivity index (χ1) is 9.20. The highest BCUT2D eigenvalue weighted by atomic mass is 32.2. The molecule has 2 unspecified atom stereocenters. The van der Waals surface area contributed by atoms with Gasteiger partial charge in [-0.05, 0) is 24.1 Å².